The van der Waals surface area contributed by atoms with Gasteiger partial charge in [0.25, 0.3) is 0 Å². The van der Waals surface area contributed by atoms with Gasteiger partial charge in [0.15, 0.2) is 0 Å². The van der Waals surface area contributed by atoms with Gasteiger partial charge in [0.05, 0.1) is 17.3 Å². The fourth-order valence-electron chi connectivity index (χ4n) is 1.97. The van der Waals surface area contributed by atoms with Crippen LogP contribution >= 0.6 is 11.6 Å². The van der Waals surface area contributed by atoms with E-state index in [4.69, 9.17) is 11.6 Å². The maximum absolute atomic E-state index is 11.3. The van der Waals surface area contributed by atoms with Gasteiger partial charge in [0.2, 0.25) is 0 Å². The molecule has 2 rings (SSSR count). The minimum atomic E-state index is 0.198. The van der Waals surface area contributed by atoms with Crippen LogP contribution in [-0.2, 0) is 4.79 Å². The number of hydrogen-bond acceptors (Lipinski definition) is 2. The second-order valence-corrected chi connectivity index (χ2v) is 4.40. The van der Waals surface area contributed by atoms with Crippen LogP contribution in [0.1, 0.15) is 32.2 Å². The third kappa shape index (κ3) is 1.82. The summed E-state index contributed by atoms with van der Waals surface area (Å²) in [5.41, 5.74) is 0. The number of Topliss-reactive ketones (excluding diaryl/α,β-unsaturated/α-hetero) is 1. The number of carbonyl (C=O) groups is 1. The van der Waals surface area contributed by atoms with Crippen LogP contribution < -0.4 is 0 Å². The monoisotopic (exact) mass is 212 g/mol. The van der Waals surface area contributed by atoms with Gasteiger partial charge in [-0.1, -0.05) is 18.5 Å². The molecule has 0 radical (unpaired) electrons. The molecule has 1 fully saturated rings. The first kappa shape index (κ1) is 9.71. The number of halogens is 1. The molecule has 0 bridgehead atoms. The van der Waals surface area contributed by atoms with Crippen molar-refractivity contribution in [3.63, 3.8) is 0 Å². The highest BCUT2D eigenvalue weighted by molar-refractivity contribution is 6.30. The number of rotatable bonds is 1. The predicted molar refractivity (Wildman–Crippen MR) is 54.3 cm³/mol. The molecule has 4 heteroatoms. The van der Waals surface area contributed by atoms with E-state index in [1.165, 1.54) is 0 Å². The Morgan fingerprint density at radius 3 is 3.07 bits per heavy atom. The maximum atomic E-state index is 11.3. The van der Waals surface area contributed by atoms with Gasteiger partial charge >= 0.3 is 0 Å². The third-order valence-corrected chi connectivity index (χ3v) is 3.08. The minimum Gasteiger partial charge on any atom is -0.300 e. The molecule has 0 aliphatic heterocycles. The minimum absolute atomic E-state index is 0.198. The maximum Gasteiger partial charge on any atom is 0.135 e. The Labute approximate surface area is 88.1 Å². The van der Waals surface area contributed by atoms with Crippen LogP contribution in [-0.4, -0.2) is 15.6 Å². The average Bonchev–Trinajstić information content (AvgIpc) is 2.56. The second-order valence-electron chi connectivity index (χ2n) is 3.96. The Bertz CT molecular complexity index is 348. The standard InChI is InChI=1S/C10H13ClN2O/c1-7-2-3-9(14)4-10(7)13-6-8(11)5-12-13/h5-7,10H,2-4H2,1H3. The second kappa shape index (κ2) is 3.73. The fourth-order valence-corrected chi connectivity index (χ4v) is 2.11. The molecule has 14 heavy (non-hydrogen) atoms. The third-order valence-electron chi connectivity index (χ3n) is 2.88. The Morgan fingerprint density at radius 2 is 2.43 bits per heavy atom. The SMILES string of the molecule is CC1CCC(=O)CC1n1cc(Cl)cn1. The van der Waals surface area contributed by atoms with E-state index in [1.807, 2.05) is 4.68 Å². The largest absolute Gasteiger partial charge is 0.300 e. The molecule has 1 saturated carbocycles. The first-order chi connectivity index (χ1) is 6.66. The van der Waals surface area contributed by atoms with Gasteiger partial charge in [-0.2, -0.15) is 5.10 Å². The van der Waals surface area contributed by atoms with Gasteiger partial charge in [0, 0.05) is 19.0 Å². The fraction of sp³-hybridized carbons (Fsp3) is 0.600. The van der Waals surface area contributed by atoms with Crippen molar-refractivity contribution >= 4 is 17.4 Å². The van der Waals surface area contributed by atoms with Crippen molar-refractivity contribution in [2.75, 3.05) is 0 Å². The summed E-state index contributed by atoms with van der Waals surface area (Å²) in [6.45, 7) is 2.16. The predicted octanol–water partition coefficient (Wildman–Crippen LogP) is 2.47. The van der Waals surface area contributed by atoms with Crippen molar-refractivity contribution in [2.45, 2.75) is 32.2 Å². The van der Waals surface area contributed by atoms with Gasteiger partial charge in [-0.25, -0.2) is 0 Å². The molecule has 76 valence electrons. The summed E-state index contributed by atoms with van der Waals surface area (Å²) < 4.78 is 1.82. The Morgan fingerprint density at radius 1 is 1.64 bits per heavy atom. The van der Waals surface area contributed by atoms with Crippen molar-refractivity contribution in [1.29, 1.82) is 0 Å². The van der Waals surface area contributed by atoms with E-state index in [-0.39, 0.29) is 6.04 Å². The Kier molecular flexibility index (Phi) is 2.59. The summed E-state index contributed by atoms with van der Waals surface area (Å²) in [7, 11) is 0. The number of carbonyl (C=O) groups excluding carboxylic acids is 1. The lowest BCUT2D eigenvalue weighted by molar-refractivity contribution is -0.122. The van der Waals surface area contributed by atoms with E-state index in [1.54, 1.807) is 12.4 Å². The molecule has 1 aromatic rings. The summed E-state index contributed by atoms with van der Waals surface area (Å²) in [6.07, 6.45) is 5.68. The highest BCUT2D eigenvalue weighted by Crippen LogP contribution is 2.31. The number of nitrogens with zero attached hydrogens (tertiary/aromatic N) is 2. The van der Waals surface area contributed by atoms with Crippen LogP contribution in [0.2, 0.25) is 5.02 Å². The number of ketones is 1. The van der Waals surface area contributed by atoms with E-state index in [0.717, 1.165) is 6.42 Å². The summed E-state index contributed by atoms with van der Waals surface area (Å²) in [6, 6.07) is 0.198. The highest BCUT2D eigenvalue weighted by Gasteiger charge is 2.27. The molecular weight excluding hydrogens is 200 g/mol. The zero-order chi connectivity index (χ0) is 10.1. The van der Waals surface area contributed by atoms with Crippen LogP contribution in [0, 0.1) is 5.92 Å². The molecule has 3 nitrogen and oxygen atoms in total. The smallest absolute Gasteiger partial charge is 0.135 e. The molecule has 1 aliphatic rings. The molecule has 2 unspecified atom stereocenters. The first-order valence-corrected chi connectivity index (χ1v) is 5.26. The highest BCUT2D eigenvalue weighted by atomic mass is 35.5. The molecule has 0 aromatic carbocycles. The van der Waals surface area contributed by atoms with E-state index in [9.17, 15) is 4.79 Å². The van der Waals surface area contributed by atoms with Gasteiger partial charge in [-0.05, 0) is 12.3 Å². The van der Waals surface area contributed by atoms with Crippen LogP contribution in [0.3, 0.4) is 0 Å². The molecule has 0 spiro atoms. The van der Waals surface area contributed by atoms with Gasteiger partial charge in [-0.3, -0.25) is 9.48 Å². The lowest BCUT2D eigenvalue weighted by Crippen LogP contribution is -2.26. The summed E-state index contributed by atoms with van der Waals surface area (Å²) >= 11 is 5.80. The van der Waals surface area contributed by atoms with Crippen molar-refractivity contribution in [3.8, 4) is 0 Å². The topological polar surface area (TPSA) is 34.9 Å². The van der Waals surface area contributed by atoms with E-state index in [2.05, 4.69) is 12.0 Å². The Hall–Kier alpha value is -0.830. The summed E-state index contributed by atoms with van der Waals surface area (Å²) in [4.78, 5) is 11.3. The van der Waals surface area contributed by atoms with Crippen molar-refractivity contribution < 1.29 is 4.79 Å². The summed E-state index contributed by atoms with van der Waals surface area (Å²) in [5, 5.41) is 4.79. The van der Waals surface area contributed by atoms with Crippen LogP contribution in [0.4, 0.5) is 0 Å². The quantitative estimate of drug-likeness (QED) is 0.717. The average molecular weight is 213 g/mol. The molecule has 2 atom stereocenters. The molecule has 0 amide bonds. The normalized spacial score (nSPS) is 28.0. The van der Waals surface area contributed by atoms with Crippen LogP contribution in [0.25, 0.3) is 0 Å². The molecule has 0 saturated heterocycles. The van der Waals surface area contributed by atoms with Gasteiger partial charge < -0.3 is 0 Å². The lowest BCUT2D eigenvalue weighted by atomic mass is 9.85. The van der Waals surface area contributed by atoms with Crippen molar-refractivity contribution in [3.05, 3.63) is 17.4 Å². The Balaban J connectivity index is 2.19. The summed E-state index contributed by atoms with van der Waals surface area (Å²) in [5.74, 6) is 0.836. The molecular formula is C10H13ClN2O. The number of aromatic nitrogens is 2. The lowest BCUT2D eigenvalue weighted by Gasteiger charge is -2.27. The molecule has 0 N–H and O–H groups in total. The number of hydrogen-bond donors (Lipinski definition) is 0. The van der Waals surface area contributed by atoms with E-state index < -0.39 is 0 Å². The van der Waals surface area contributed by atoms with Crippen molar-refractivity contribution in [2.24, 2.45) is 5.92 Å². The van der Waals surface area contributed by atoms with E-state index in [0.29, 0.717) is 29.6 Å². The van der Waals surface area contributed by atoms with Crippen LogP contribution in [0.15, 0.2) is 12.4 Å². The van der Waals surface area contributed by atoms with Gasteiger partial charge in [-0.15, -0.1) is 0 Å². The van der Waals surface area contributed by atoms with Crippen LogP contribution in [0.5, 0.6) is 0 Å². The van der Waals surface area contributed by atoms with E-state index >= 15 is 0 Å². The molecule has 1 aromatic heterocycles. The zero-order valence-corrected chi connectivity index (χ0v) is 8.87. The molecule has 1 aliphatic carbocycles. The first-order valence-electron chi connectivity index (χ1n) is 4.88. The van der Waals surface area contributed by atoms with Gasteiger partial charge in [0.1, 0.15) is 5.78 Å². The molecule has 1 heterocycles. The van der Waals surface area contributed by atoms with Crippen molar-refractivity contribution in [1.82, 2.24) is 9.78 Å². The zero-order valence-electron chi connectivity index (χ0n) is 8.11.